The maximum absolute atomic E-state index is 10.8. The van der Waals surface area contributed by atoms with Crippen molar-refractivity contribution in [1.82, 2.24) is 0 Å². The molecule has 0 radical (unpaired) electrons. The Morgan fingerprint density at radius 2 is 1.97 bits per heavy atom. The highest BCUT2D eigenvalue weighted by Crippen LogP contribution is 2.68. The van der Waals surface area contributed by atoms with Gasteiger partial charge in [-0.25, -0.2) is 0 Å². The Morgan fingerprint density at radius 1 is 1.14 bits per heavy atom. The van der Waals surface area contributed by atoms with Gasteiger partial charge in [-0.1, -0.05) is 48.9 Å². The first-order valence-electron chi connectivity index (χ1n) is 11.7. The molecule has 1 aromatic rings. The van der Waals surface area contributed by atoms with Gasteiger partial charge in [-0.3, -0.25) is 0 Å². The highest BCUT2D eigenvalue weighted by atomic mass is 127. The summed E-state index contributed by atoms with van der Waals surface area (Å²) in [5.41, 5.74) is 2.93. The average Bonchev–Trinajstić information content (AvgIpc) is 3.00. The van der Waals surface area contributed by atoms with Crippen LogP contribution in [0.25, 0.3) is 0 Å². The number of fused-ring (bicyclic) bond motifs is 5. The minimum Gasteiger partial charge on any atom is -0.508 e. The van der Waals surface area contributed by atoms with Gasteiger partial charge in [0.1, 0.15) is 5.75 Å². The standard InChI is InChI=1S/C25H37IO3/c1-3-13-29-14-5-4-6-17-16-25(26)21(19-8-7-18(27)15-20(17)19)11-12-24(2)22(25)9-10-23(24)28/h7-8,15,17,21-23,27-28H,3-6,9-14,16H2,1-2H3. The van der Waals surface area contributed by atoms with Gasteiger partial charge in [0.25, 0.3) is 0 Å². The summed E-state index contributed by atoms with van der Waals surface area (Å²) in [4.78, 5) is 0. The Balaban J connectivity index is 1.58. The molecule has 3 aliphatic rings. The topological polar surface area (TPSA) is 49.7 Å². The van der Waals surface area contributed by atoms with Gasteiger partial charge in [0.15, 0.2) is 0 Å². The van der Waals surface area contributed by atoms with Crippen molar-refractivity contribution in [3.05, 3.63) is 29.3 Å². The number of halogens is 1. The number of hydrogen-bond acceptors (Lipinski definition) is 3. The zero-order chi connectivity index (χ0) is 20.6. The maximum Gasteiger partial charge on any atom is 0.115 e. The van der Waals surface area contributed by atoms with E-state index in [2.05, 4.69) is 42.5 Å². The van der Waals surface area contributed by atoms with Gasteiger partial charge in [-0.05, 0) is 97.8 Å². The van der Waals surface area contributed by atoms with E-state index in [9.17, 15) is 10.2 Å². The van der Waals surface area contributed by atoms with Crippen LogP contribution in [-0.2, 0) is 4.74 Å². The van der Waals surface area contributed by atoms with Crippen LogP contribution in [0.5, 0.6) is 5.75 Å². The molecule has 2 saturated carbocycles. The molecule has 3 aliphatic carbocycles. The zero-order valence-corrected chi connectivity index (χ0v) is 20.2. The molecule has 0 spiro atoms. The van der Waals surface area contributed by atoms with Gasteiger partial charge < -0.3 is 14.9 Å². The molecule has 2 fully saturated rings. The maximum atomic E-state index is 10.8. The van der Waals surface area contributed by atoms with Crippen molar-refractivity contribution in [2.45, 2.75) is 93.0 Å². The summed E-state index contributed by atoms with van der Waals surface area (Å²) >= 11 is 2.81. The van der Waals surface area contributed by atoms with Crippen LogP contribution in [-0.4, -0.2) is 33.0 Å². The van der Waals surface area contributed by atoms with E-state index in [4.69, 9.17) is 4.74 Å². The van der Waals surface area contributed by atoms with Crippen molar-refractivity contribution >= 4 is 22.6 Å². The molecule has 1 aromatic carbocycles. The summed E-state index contributed by atoms with van der Waals surface area (Å²) in [5.74, 6) is 2.03. The summed E-state index contributed by atoms with van der Waals surface area (Å²) in [6, 6.07) is 6.13. The fourth-order valence-electron chi connectivity index (χ4n) is 6.80. The Labute approximate surface area is 189 Å². The second-order valence-electron chi connectivity index (χ2n) is 9.99. The molecule has 0 amide bonds. The summed E-state index contributed by atoms with van der Waals surface area (Å²) in [7, 11) is 0. The van der Waals surface area contributed by atoms with E-state index in [1.807, 2.05) is 12.1 Å². The molecular weight excluding hydrogens is 475 g/mol. The number of aliphatic hydroxyl groups is 1. The lowest BCUT2D eigenvalue weighted by molar-refractivity contribution is -0.00936. The predicted octanol–water partition coefficient (Wildman–Crippen LogP) is 6.30. The first kappa shape index (κ1) is 21.9. The van der Waals surface area contributed by atoms with Crippen LogP contribution in [0.4, 0.5) is 0 Å². The summed E-state index contributed by atoms with van der Waals surface area (Å²) in [5, 5.41) is 21.0. The van der Waals surface area contributed by atoms with Crippen molar-refractivity contribution in [1.29, 1.82) is 0 Å². The van der Waals surface area contributed by atoms with Crippen molar-refractivity contribution in [3.8, 4) is 5.75 Å². The number of phenolic OH excluding ortho intramolecular Hbond substituents is 1. The highest BCUT2D eigenvalue weighted by molar-refractivity contribution is 14.1. The Hall–Kier alpha value is -0.330. The zero-order valence-electron chi connectivity index (χ0n) is 18.0. The largest absolute Gasteiger partial charge is 0.508 e. The number of rotatable bonds is 7. The Kier molecular flexibility index (Phi) is 6.54. The third-order valence-electron chi connectivity index (χ3n) is 8.30. The van der Waals surface area contributed by atoms with Gasteiger partial charge in [-0.15, -0.1) is 0 Å². The third kappa shape index (κ3) is 3.87. The molecule has 6 unspecified atom stereocenters. The molecule has 4 rings (SSSR count). The molecule has 6 atom stereocenters. The molecule has 29 heavy (non-hydrogen) atoms. The SMILES string of the molecule is CCCOCCCCC1CC2(I)C(CCC3(C)C(O)CCC32)c2ccc(O)cc21. The van der Waals surface area contributed by atoms with E-state index >= 15 is 0 Å². The predicted molar refractivity (Wildman–Crippen MR) is 126 cm³/mol. The first-order chi connectivity index (χ1) is 13.9. The molecular formula is C25H37IO3. The van der Waals surface area contributed by atoms with Gasteiger partial charge in [0.05, 0.1) is 6.10 Å². The Morgan fingerprint density at radius 3 is 2.76 bits per heavy atom. The van der Waals surface area contributed by atoms with E-state index in [1.54, 1.807) is 0 Å². The molecule has 2 N–H and O–H groups in total. The molecule has 162 valence electrons. The quantitative estimate of drug-likeness (QED) is 0.256. The minimum atomic E-state index is -0.143. The highest BCUT2D eigenvalue weighted by Gasteiger charge is 2.61. The van der Waals surface area contributed by atoms with E-state index < -0.39 is 0 Å². The van der Waals surface area contributed by atoms with Crippen LogP contribution in [0.1, 0.15) is 94.6 Å². The summed E-state index contributed by atoms with van der Waals surface area (Å²) < 4.78 is 5.90. The minimum absolute atomic E-state index is 0.0741. The lowest BCUT2D eigenvalue weighted by Crippen LogP contribution is -2.53. The fraction of sp³-hybridized carbons (Fsp3) is 0.760. The molecule has 4 heteroatoms. The number of ether oxygens (including phenoxy) is 1. The number of hydrogen-bond donors (Lipinski definition) is 2. The third-order valence-corrected chi connectivity index (χ3v) is 10.2. The first-order valence-corrected chi connectivity index (χ1v) is 12.8. The van der Waals surface area contributed by atoms with Crippen LogP contribution >= 0.6 is 22.6 Å². The van der Waals surface area contributed by atoms with Crippen molar-refractivity contribution in [3.63, 3.8) is 0 Å². The fourth-order valence-corrected chi connectivity index (χ4v) is 9.00. The molecule has 0 bridgehead atoms. The van der Waals surface area contributed by atoms with E-state index in [0.717, 1.165) is 58.2 Å². The monoisotopic (exact) mass is 512 g/mol. The summed E-state index contributed by atoms with van der Waals surface area (Å²) in [6.07, 6.45) is 9.95. The number of aliphatic hydroxyl groups excluding tert-OH is 1. The molecule has 0 aromatic heterocycles. The van der Waals surface area contributed by atoms with Crippen LogP contribution in [0.3, 0.4) is 0 Å². The average molecular weight is 512 g/mol. The number of aromatic hydroxyl groups is 1. The van der Waals surface area contributed by atoms with E-state index in [1.165, 1.54) is 24.0 Å². The smallest absolute Gasteiger partial charge is 0.115 e. The van der Waals surface area contributed by atoms with Crippen molar-refractivity contribution < 1.29 is 14.9 Å². The van der Waals surface area contributed by atoms with Gasteiger partial charge in [-0.2, -0.15) is 0 Å². The van der Waals surface area contributed by atoms with E-state index in [0.29, 0.717) is 23.5 Å². The second kappa shape index (κ2) is 8.66. The van der Waals surface area contributed by atoms with Crippen LogP contribution < -0.4 is 0 Å². The Bertz CT molecular complexity index is 722. The van der Waals surface area contributed by atoms with Gasteiger partial charge in [0.2, 0.25) is 0 Å². The van der Waals surface area contributed by atoms with Crippen LogP contribution in [0, 0.1) is 11.3 Å². The van der Waals surface area contributed by atoms with Crippen LogP contribution in [0.2, 0.25) is 0 Å². The number of alkyl halides is 1. The lowest BCUT2D eigenvalue weighted by Gasteiger charge is -2.57. The number of unbranched alkanes of at least 4 members (excludes halogenated alkanes) is 1. The molecule has 0 saturated heterocycles. The van der Waals surface area contributed by atoms with Gasteiger partial charge >= 0.3 is 0 Å². The molecule has 3 nitrogen and oxygen atoms in total. The molecule has 0 aliphatic heterocycles. The number of benzene rings is 1. The normalized spacial score (nSPS) is 38.3. The van der Waals surface area contributed by atoms with Crippen molar-refractivity contribution in [2.75, 3.05) is 13.2 Å². The number of phenols is 1. The lowest BCUT2D eigenvalue weighted by atomic mass is 9.53. The van der Waals surface area contributed by atoms with E-state index in [-0.39, 0.29) is 14.9 Å². The summed E-state index contributed by atoms with van der Waals surface area (Å²) in [6.45, 7) is 6.22. The second-order valence-corrected chi connectivity index (χ2v) is 12.0. The van der Waals surface area contributed by atoms with Crippen molar-refractivity contribution in [2.24, 2.45) is 11.3 Å². The van der Waals surface area contributed by atoms with Crippen LogP contribution in [0.15, 0.2) is 18.2 Å². The molecule has 0 heterocycles. The van der Waals surface area contributed by atoms with Gasteiger partial charge in [0, 0.05) is 16.6 Å².